The van der Waals surface area contributed by atoms with Gasteiger partial charge in [-0.05, 0) is 30.5 Å². The number of hydrogen-bond donors (Lipinski definition) is 1. The van der Waals surface area contributed by atoms with E-state index in [1.807, 2.05) is 18.2 Å². The van der Waals surface area contributed by atoms with Crippen LogP contribution in [0.2, 0.25) is 0 Å². The molecule has 1 aliphatic carbocycles. The number of nitrogens with one attached hydrogen (secondary N) is 1. The van der Waals surface area contributed by atoms with Gasteiger partial charge in [0, 0.05) is 11.8 Å². The lowest BCUT2D eigenvalue weighted by Crippen LogP contribution is -2.18. The lowest BCUT2D eigenvalue weighted by Gasteiger charge is -2.19. The van der Waals surface area contributed by atoms with Gasteiger partial charge in [0.15, 0.2) is 0 Å². The molecule has 0 aliphatic heterocycles. The molecule has 0 saturated heterocycles. The van der Waals surface area contributed by atoms with Gasteiger partial charge in [0.2, 0.25) is 0 Å². The minimum Gasteiger partial charge on any atom is -0.497 e. The maximum atomic E-state index is 5.26. The fraction of sp³-hybridized carbons (Fsp3) is 0.250. The summed E-state index contributed by atoms with van der Waals surface area (Å²) in [5.74, 6) is 0.892. The third kappa shape index (κ3) is 2.06. The molecule has 0 radical (unpaired) electrons. The summed E-state index contributed by atoms with van der Waals surface area (Å²) in [5, 5.41) is 3.64. The molecule has 1 saturated carbocycles. The van der Waals surface area contributed by atoms with Crippen molar-refractivity contribution in [1.29, 1.82) is 0 Å². The lowest BCUT2D eigenvalue weighted by atomic mass is 10.0. The number of ether oxygens (including phenoxy) is 1. The van der Waals surface area contributed by atoms with E-state index < -0.39 is 0 Å². The summed E-state index contributed by atoms with van der Waals surface area (Å²) in [4.78, 5) is 0. The van der Waals surface area contributed by atoms with Gasteiger partial charge in [0.05, 0.1) is 12.6 Å². The highest BCUT2D eigenvalue weighted by atomic mass is 16.5. The molecule has 2 aromatic carbocycles. The van der Waals surface area contributed by atoms with Gasteiger partial charge < -0.3 is 10.1 Å². The maximum absolute atomic E-state index is 5.26. The van der Waals surface area contributed by atoms with Gasteiger partial charge in [-0.1, -0.05) is 36.4 Å². The summed E-state index contributed by atoms with van der Waals surface area (Å²) < 4.78 is 5.26. The van der Waals surface area contributed by atoms with E-state index in [2.05, 4.69) is 41.7 Å². The molecule has 0 aromatic heterocycles. The maximum Gasteiger partial charge on any atom is 0.120 e. The number of benzene rings is 2. The van der Waals surface area contributed by atoms with Crippen molar-refractivity contribution in [2.24, 2.45) is 0 Å². The third-order valence-corrected chi connectivity index (χ3v) is 3.53. The summed E-state index contributed by atoms with van der Waals surface area (Å²) in [7, 11) is 1.70. The van der Waals surface area contributed by atoms with Gasteiger partial charge in [-0.2, -0.15) is 0 Å². The van der Waals surface area contributed by atoms with Crippen LogP contribution >= 0.6 is 0 Å². The minimum atomic E-state index is 0.133. The average Bonchev–Trinajstić information content (AvgIpc) is 3.21. The highest BCUT2D eigenvalue weighted by Crippen LogP contribution is 2.48. The van der Waals surface area contributed by atoms with Crippen LogP contribution in [0.15, 0.2) is 54.6 Å². The first kappa shape index (κ1) is 11.1. The summed E-state index contributed by atoms with van der Waals surface area (Å²) in [6.45, 7) is 0. The second kappa shape index (κ2) is 4.37. The Kier molecular flexibility index (Phi) is 2.71. The van der Waals surface area contributed by atoms with E-state index in [0.29, 0.717) is 0 Å². The number of anilines is 1. The van der Waals surface area contributed by atoms with Crippen LogP contribution in [-0.4, -0.2) is 7.11 Å². The van der Waals surface area contributed by atoms with Gasteiger partial charge >= 0.3 is 0 Å². The van der Waals surface area contributed by atoms with Gasteiger partial charge in [0.25, 0.3) is 0 Å². The highest BCUT2D eigenvalue weighted by Gasteiger charge is 2.44. The molecular formula is C16H17NO. The van der Waals surface area contributed by atoms with Crippen molar-refractivity contribution in [3.8, 4) is 5.75 Å². The Hall–Kier alpha value is -1.96. The third-order valence-electron chi connectivity index (χ3n) is 3.53. The molecular weight excluding hydrogens is 222 g/mol. The van der Waals surface area contributed by atoms with Gasteiger partial charge in [-0.25, -0.2) is 0 Å². The van der Waals surface area contributed by atoms with Crippen LogP contribution in [-0.2, 0) is 5.54 Å². The second-order valence-corrected chi connectivity index (χ2v) is 4.81. The van der Waals surface area contributed by atoms with Crippen LogP contribution in [0.4, 0.5) is 5.69 Å². The Morgan fingerprint density at radius 3 is 2.44 bits per heavy atom. The zero-order valence-corrected chi connectivity index (χ0v) is 10.5. The fourth-order valence-electron chi connectivity index (χ4n) is 2.35. The van der Waals surface area contributed by atoms with Crippen molar-refractivity contribution in [2.75, 3.05) is 12.4 Å². The zero-order chi connectivity index (χ0) is 12.4. The van der Waals surface area contributed by atoms with E-state index in [1.54, 1.807) is 7.11 Å². The largest absolute Gasteiger partial charge is 0.497 e. The monoisotopic (exact) mass is 239 g/mol. The molecule has 2 heteroatoms. The summed E-state index contributed by atoms with van der Waals surface area (Å²) in [6, 6.07) is 18.8. The number of rotatable bonds is 4. The molecule has 0 amide bonds. The predicted molar refractivity (Wildman–Crippen MR) is 74.0 cm³/mol. The SMILES string of the molecule is COc1cccc(NC2(c3ccccc3)CC2)c1. The Morgan fingerprint density at radius 1 is 1.00 bits per heavy atom. The first-order valence-corrected chi connectivity index (χ1v) is 6.30. The van der Waals surface area contributed by atoms with Crippen molar-refractivity contribution in [3.05, 3.63) is 60.2 Å². The summed E-state index contributed by atoms with van der Waals surface area (Å²) in [6.07, 6.45) is 2.38. The summed E-state index contributed by atoms with van der Waals surface area (Å²) >= 11 is 0. The van der Waals surface area contributed by atoms with Crippen LogP contribution in [0.25, 0.3) is 0 Å². The highest BCUT2D eigenvalue weighted by molar-refractivity contribution is 5.53. The van der Waals surface area contributed by atoms with E-state index in [9.17, 15) is 0 Å². The molecule has 18 heavy (non-hydrogen) atoms. The van der Waals surface area contributed by atoms with Crippen LogP contribution in [0, 0.1) is 0 Å². The Morgan fingerprint density at radius 2 is 1.78 bits per heavy atom. The van der Waals surface area contributed by atoms with E-state index in [4.69, 9.17) is 4.74 Å². The molecule has 1 N–H and O–H groups in total. The van der Waals surface area contributed by atoms with Gasteiger partial charge in [-0.3, -0.25) is 0 Å². The van der Waals surface area contributed by atoms with E-state index in [-0.39, 0.29) is 5.54 Å². The fourth-order valence-corrected chi connectivity index (χ4v) is 2.35. The molecule has 0 spiro atoms. The minimum absolute atomic E-state index is 0.133. The average molecular weight is 239 g/mol. The van der Waals surface area contributed by atoms with E-state index in [1.165, 1.54) is 18.4 Å². The Bertz CT molecular complexity index is 532. The van der Waals surface area contributed by atoms with Crippen LogP contribution in [0.5, 0.6) is 5.75 Å². The Labute approximate surface area is 108 Å². The first-order valence-electron chi connectivity index (χ1n) is 6.30. The molecule has 1 aliphatic rings. The predicted octanol–water partition coefficient (Wildman–Crippen LogP) is 3.80. The number of hydrogen-bond acceptors (Lipinski definition) is 2. The molecule has 0 atom stereocenters. The quantitative estimate of drug-likeness (QED) is 0.876. The van der Waals surface area contributed by atoms with Crippen molar-refractivity contribution in [1.82, 2.24) is 0 Å². The van der Waals surface area contributed by atoms with Crippen LogP contribution in [0.3, 0.4) is 0 Å². The first-order chi connectivity index (χ1) is 8.82. The zero-order valence-electron chi connectivity index (χ0n) is 10.5. The normalized spacial score (nSPS) is 16.1. The van der Waals surface area contributed by atoms with Crippen molar-refractivity contribution in [2.45, 2.75) is 18.4 Å². The number of methoxy groups -OCH3 is 1. The summed E-state index contributed by atoms with van der Waals surface area (Å²) in [5.41, 5.74) is 2.62. The molecule has 2 nitrogen and oxygen atoms in total. The van der Waals surface area contributed by atoms with E-state index in [0.717, 1.165) is 11.4 Å². The molecule has 92 valence electrons. The topological polar surface area (TPSA) is 21.3 Å². The molecule has 0 heterocycles. The molecule has 2 aromatic rings. The molecule has 3 rings (SSSR count). The smallest absolute Gasteiger partial charge is 0.120 e. The lowest BCUT2D eigenvalue weighted by molar-refractivity contribution is 0.415. The van der Waals surface area contributed by atoms with Crippen molar-refractivity contribution >= 4 is 5.69 Å². The molecule has 0 bridgehead atoms. The van der Waals surface area contributed by atoms with Gasteiger partial charge in [0.1, 0.15) is 5.75 Å². The second-order valence-electron chi connectivity index (χ2n) is 4.81. The van der Waals surface area contributed by atoms with E-state index >= 15 is 0 Å². The standard InChI is InChI=1S/C16H17NO/c1-18-15-9-5-8-14(12-15)17-16(10-11-16)13-6-3-2-4-7-13/h2-9,12,17H,10-11H2,1H3. The van der Waals surface area contributed by atoms with Crippen LogP contribution in [0.1, 0.15) is 18.4 Å². The Balaban J connectivity index is 1.84. The van der Waals surface area contributed by atoms with Gasteiger partial charge in [-0.15, -0.1) is 0 Å². The van der Waals surface area contributed by atoms with Crippen LogP contribution < -0.4 is 10.1 Å². The van der Waals surface area contributed by atoms with Crippen molar-refractivity contribution < 1.29 is 4.74 Å². The van der Waals surface area contributed by atoms with Crippen molar-refractivity contribution in [3.63, 3.8) is 0 Å². The molecule has 1 fully saturated rings. The molecule has 0 unspecified atom stereocenters.